The maximum atomic E-state index is 12.3. The van der Waals surface area contributed by atoms with Crippen LogP contribution in [0.5, 0.6) is 0 Å². The molecule has 1 aromatic heterocycles. The number of aliphatic carboxylic acids is 1. The molecule has 1 aliphatic heterocycles. The highest BCUT2D eigenvalue weighted by atomic mass is 16.4. The molecule has 2 aliphatic rings. The lowest BCUT2D eigenvalue weighted by Gasteiger charge is -2.22. The fourth-order valence-electron chi connectivity index (χ4n) is 3.26. The van der Waals surface area contributed by atoms with Crippen LogP contribution in [-0.2, 0) is 21.4 Å². The highest BCUT2D eigenvalue weighted by molar-refractivity contribution is 6.08. The maximum Gasteiger partial charge on any atom is 0.331 e. The summed E-state index contributed by atoms with van der Waals surface area (Å²) in [6.45, 7) is 0. The molecule has 3 atom stereocenters. The van der Waals surface area contributed by atoms with Gasteiger partial charge in [-0.3, -0.25) is 19.2 Å². The first-order valence-corrected chi connectivity index (χ1v) is 6.59. The maximum absolute atomic E-state index is 12.3. The summed E-state index contributed by atoms with van der Waals surface area (Å²) in [6, 6.07) is -1.27. The number of carboxylic acid groups (broad SMARTS) is 1. The molecular weight excluding hydrogens is 262 g/mol. The quantitative estimate of drug-likeness (QED) is 0.804. The molecule has 1 N–H and O–H groups in total. The van der Waals surface area contributed by atoms with Crippen LogP contribution < -0.4 is 0 Å². The summed E-state index contributed by atoms with van der Waals surface area (Å²) in [4.78, 5) is 37.1. The lowest BCUT2D eigenvalue weighted by atomic mass is 10.00. The van der Waals surface area contributed by atoms with Gasteiger partial charge >= 0.3 is 5.97 Å². The number of carboxylic acids is 1. The number of aromatic nitrogens is 2. The number of aryl methyl sites for hydroxylation is 1. The molecule has 106 valence electrons. The van der Waals surface area contributed by atoms with Crippen molar-refractivity contribution in [3.8, 4) is 0 Å². The molecule has 1 aromatic rings. The lowest BCUT2D eigenvalue weighted by molar-refractivity contribution is -0.155. The predicted octanol–water partition coefficient (Wildman–Crippen LogP) is 0.331. The molecule has 1 aliphatic carbocycles. The fraction of sp³-hybridized carbons (Fsp3) is 0.538. The van der Waals surface area contributed by atoms with Gasteiger partial charge in [0.05, 0.1) is 18.0 Å². The van der Waals surface area contributed by atoms with Crippen molar-refractivity contribution in [1.29, 1.82) is 0 Å². The van der Waals surface area contributed by atoms with E-state index in [1.165, 1.54) is 17.1 Å². The number of rotatable bonds is 3. The van der Waals surface area contributed by atoms with Crippen molar-refractivity contribution in [3.63, 3.8) is 0 Å². The second kappa shape index (κ2) is 4.43. The molecule has 20 heavy (non-hydrogen) atoms. The van der Waals surface area contributed by atoms with Crippen LogP contribution in [0.1, 0.15) is 30.9 Å². The van der Waals surface area contributed by atoms with Gasteiger partial charge in [0, 0.05) is 18.8 Å². The van der Waals surface area contributed by atoms with E-state index in [9.17, 15) is 19.5 Å². The minimum absolute atomic E-state index is 0.332. The zero-order chi connectivity index (χ0) is 14.4. The van der Waals surface area contributed by atoms with E-state index in [0.717, 1.165) is 11.3 Å². The van der Waals surface area contributed by atoms with Crippen molar-refractivity contribution in [3.05, 3.63) is 18.0 Å². The van der Waals surface area contributed by atoms with Crippen molar-refractivity contribution in [1.82, 2.24) is 14.7 Å². The SMILES string of the molecule is Cn1cc(C(C(=O)O)N2C(=O)C3CCCC3C2=O)cn1. The Kier molecular flexibility index (Phi) is 2.84. The molecule has 0 radical (unpaired) electrons. The number of fused-ring (bicyclic) bond motifs is 1. The number of amides is 2. The van der Waals surface area contributed by atoms with Gasteiger partial charge in [-0.1, -0.05) is 6.42 Å². The average Bonchev–Trinajstić information content (AvgIpc) is 3.06. The standard InChI is InChI=1S/C13H15N3O4/c1-15-6-7(5-14-15)10(13(19)20)16-11(17)8-3-2-4-9(8)12(16)18/h5-6,8-10H,2-4H2,1H3,(H,19,20). The van der Waals surface area contributed by atoms with E-state index in [-0.39, 0.29) is 23.7 Å². The second-order valence-electron chi connectivity index (χ2n) is 5.38. The molecule has 1 saturated carbocycles. The van der Waals surface area contributed by atoms with Crippen molar-refractivity contribution in [2.75, 3.05) is 0 Å². The smallest absolute Gasteiger partial charge is 0.331 e. The summed E-state index contributed by atoms with van der Waals surface area (Å²) in [5.74, 6) is -2.58. The van der Waals surface area contributed by atoms with E-state index in [0.29, 0.717) is 18.4 Å². The zero-order valence-corrected chi connectivity index (χ0v) is 11.0. The molecule has 0 aromatic carbocycles. The molecule has 0 spiro atoms. The first-order valence-electron chi connectivity index (χ1n) is 6.59. The molecular formula is C13H15N3O4. The Morgan fingerprint density at radius 3 is 2.40 bits per heavy atom. The van der Waals surface area contributed by atoms with Gasteiger partial charge in [-0.05, 0) is 12.8 Å². The van der Waals surface area contributed by atoms with E-state index in [4.69, 9.17) is 0 Å². The van der Waals surface area contributed by atoms with E-state index in [1.807, 2.05) is 0 Å². The molecule has 1 saturated heterocycles. The monoisotopic (exact) mass is 277 g/mol. The Morgan fingerprint density at radius 2 is 1.95 bits per heavy atom. The Hall–Kier alpha value is -2.18. The number of carbonyl (C=O) groups excluding carboxylic acids is 2. The van der Waals surface area contributed by atoms with Crippen LogP contribution in [-0.4, -0.2) is 37.6 Å². The minimum atomic E-state index is -1.27. The number of likely N-dealkylation sites (tertiary alicyclic amines) is 1. The Labute approximate surface area is 115 Å². The van der Waals surface area contributed by atoms with Crippen LogP contribution >= 0.6 is 0 Å². The van der Waals surface area contributed by atoms with Crippen LogP contribution in [0.2, 0.25) is 0 Å². The van der Waals surface area contributed by atoms with Gasteiger partial charge in [0.2, 0.25) is 11.8 Å². The molecule has 7 heteroatoms. The predicted molar refractivity (Wildman–Crippen MR) is 66.3 cm³/mol. The first-order chi connectivity index (χ1) is 9.50. The molecule has 7 nitrogen and oxygen atoms in total. The fourth-order valence-corrected chi connectivity index (χ4v) is 3.26. The largest absolute Gasteiger partial charge is 0.479 e. The Bertz CT molecular complexity index is 572. The number of hydrogen-bond donors (Lipinski definition) is 1. The number of imide groups is 1. The molecule has 2 amide bonds. The van der Waals surface area contributed by atoms with Crippen LogP contribution in [0.25, 0.3) is 0 Å². The minimum Gasteiger partial charge on any atom is -0.479 e. The van der Waals surface area contributed by atoms with Gasteiger partial charge in [0.25, 0.3) is 0 Å². The van der Waals surface area contributed by atoms with Crippen molar-refractivity contribution < 1.29 is 19.5 Å². The summed E-state index contributed by atoms with van der Waals surface area (Å²) in [5.41, 5.74) is 0.349. The highest BCUT2D eigenvalue weighted by Crippen LogP contribution is 2.42. The van der Waals surface area contributed by atoms with Gasteiger partial charge < -0.3 is 5.11 Å². The average molecular weight is 277 g/mol. The van der Waals surface area contributed by atoms with Crippen LogP contribution in [0.15, 0.2) is 12.4 Å². The topological polar surface area (TPSA) is 92.5 Å². The normalized spacial score (nSPS) is 26.9. The first kappa shape index (κ1) is 12.8. The van der Waals surface area contributed by atoms with Crippen molar-refractivity contribution >= 4 is 17.8 Å². The van der Waals surface area contributed by atoms with Crippen molar-refractivity contribution in [2.24, 2.45) is 18.9 Å². The summed E-state index contributed by atoms with van der Waals surface area (Å²) in [5, 5.41) is 13.3. The third-order valence-corrected chi connectivity index (χ3v) is 4.16. The number of nitrogens with zero attached hydrogens (tertiary/aromatic N) is 3. The Balaban J connectivity index is 1.98. The van der Waals surface area contributed by atoms with E-state index in [1.54, 1.807) is 7.05 Å². The summed E-state index contributed by atoms with van der Waals surface area (Å²) in [7, 11) is 1.66. The van der Waals surface area contributed by atoms with Crippen LogP contribution in [0.3, 0.4) is 0 Å². The summed E-state index contributed by atoms with van der Waals surface area (Å²) in [6.07, 6.45) is 5.10. The molecule has 2 heterocycles. The molecule has 3 unspecified atom stereocenters. The Morgan fingerprint density at radius 1 is 1.35 bits per heavy atom. The number of carbonyl (C=O) groups is 3. The van der Waals surface area contributed by atoms with Crippen LogP contribution in [0, 0.1) is 11.8 Å². The van der Waals surface area contributed by atoms with Gasteiger partial charge in [0.1, 0.15) is 0 Å². The van der Waals surface area contributed by atoms with Gasteiger partial charge in [-0.2, -0.15) is 5.10 Å². The number of hydrogen-bond acceptors (Lipinski definition) is 4. The van der Waals surface area contributed by atoms with Gasteiger partial charge in [-0.25, -0.2) is 4.79 Å². The van der Waals surface area contributed by atoms with E-state index >= 15 is 0 Å². The van der Waals surface area contributed by atoms with Crippen LogP contribution in [0.4, 0.5) is 0 Å². The van der Waals surface area contributed by atoms with E-state index in [2.05, 4.69) is 5.10 Å². The lowest BCUT2D eigenvalue weighted by Crippen LogP contribution is -2.39. The van der Waals surface area contributed by atoms with Crippen molar-refractivity contribution in [2.45, 2.75) is 25.3 Å². The summed E-state index contributed by atoms with van der Waals surface area (Å²) < 4.78 is 1.46. The van der Waals surface area contributed by atoms with Gasteiger partial charge in [0.15, 0.2) is 6.04 Å². The molecule has 0 bridgehead atoms. The highest BCUT2D eigenvalue weighted by Gasteiger charge is 2.53. The van der Waals surface area contributed by atoms with E-state index < -0.39 is 12.0 Å². The third kappa shape index (κ3) is 1.73. The molecule has 3 rings (SSSR count). The molecule has 2 fully saturated rings. The third-order valence-electron chi connectivity index (χ3n) is 4.16. The summed E-state index contributed by atoms with van der Waals surface area (Å²) >= 11 is 0. The van der Waals surface area contributed by atoms with Gasteiger partial charge in [-0.15, -0.1) is 0 Å². The zero-order valence-electron chi connectivity index (χ0n) is 11.0. The second-order valence-corrected chi connectivity index (χ2v) is 5.38.